The number of rotatable bonds is 8. The number of benzene rings is 2. The molecule has 0 amide bonds. The molecule has 0 fully saturated rings. The number of hydrogen-bond acceptors (Lipinski definition) is 7. The number of anilines is 2. The largest absolute Gasteiger partial charge is 0.424 e. The lowest BCUT2D eigenvalue weighted by atomic mass is 10.0. The van der Waals surface area contributed by atoms with Crippen molar-refractivity contribution in [3.63, 3.8) is 0 Å². The molecule has 2 heterocycles. The van der Waals surface area contributed by atoms with Crippen molar-refractivity contribution in [2.45, 2.75) is 26.3 Å². The molecule has 31 heavy (non-hydrogen) atoms. The van der Waals surface area contributed by atoms with Crippen LogP contribution in [0.25, 0.3) is 11.3 Å². The molecule has 0 radical (unpaired) electrons. The fourth-order valence-electron chi connectivity index (χ4n) is 3.29. The summed E-state index contributed by atoms with van der Waals surface area (Å²) in [6.45, 7) is 4.00. The molecule has 2 aromatic carbocycles. The first-order valence-corrected chi connectivity index (χ1v) is 11.7. The number of hydrogen-bond donors (Lipinski definition) is 3. The Bertz CT molecular complexity index is 1240. The third kappa shape index (κ3) is 5.31. The molecule has 0 spiro atoms. The summed E-state index contributed by atoms with van der Waals surface area (Å²) in [6, 6.07) is 15.5. The summed E-state index contributed by atoms with van der Waals surface area (Å²) in [4.78, 5) is 9.05. The van der Waals surface area contributed by atoms with Crippen LogP contribution in [0.15, 0.2) is 64.5 Å². The van der Waals surface area contributed by atoms with E-state index in [2.05, 4.69) is 20.0 Å². The highest BCUT2D eigenvalue weighted by Crippen LogP contribution is 2.29. The third-order valence-corrected chi connectivity index (χ3v) is 6.05. The van der Waals surface area contributed by atoms with Gasteiger partial charge in [-0.2, -0.15) is 0 Å². The molecular formula is C22H22N4O3S2. The van der Waals surface area contributed by atoms with Crippen LogP contribution in [0, 0.1) is 13.8 Å². The third-order valence-electron chi connectivity index (χ3n) is 4.82. The first-order valence-electron chi connectivity index (χ1n) is 9.68. The molecule has 7 nitrogen and oxygen atoms in total. The summed E-state index contributed by atoms with van der Waals surface area (Å²) in [5.41, 5.74) is 4.59. The molecule has 2 N–H and O–H groups in total. The Morgan fingerprint density at radius 2 is 1.87 bits per heavy atom. The molecule has 9 heteroatoms. The standard InChI is InChI=1S/C22H22N4O3S2/c1-14-5-3-4-6-18(14)21-12-23-22(29-21)25-19(20-13-30-15(2)24-20)11-16-7-9-17(10-8-16)26-31(27)28/h3-10,12-13,19,31H,11H2,1-2H3,(H,23,25)(H,26,27,28)/t19-/m0/s1. The van der Waals surface area contributed by atoms with Gasteiger partial charge >= 0.3 is 0 Å². The van der Waals surface area contributed by atoms with Gasteiger partial charge in [-0.15, -0.1) is 11.3 Å². The summed E-state index contributed by atoms with van der Waals surface area (Å²) >= 11 is 1.59. The highest BCUT2D eigenvalue weighted by atomic mass is 32.2. The number of oxazole rings is 1. The molecule has 0 bridgehead atoms. The zero-order valence-electron chi connectivity index (χ0n) is 17.0. The van der Waals surface area contributed by atoms with E-state index in [1.165, 1.54) is 0 Å². The van der Waals surface area contributed by atoms with E-state index in [-0.39, 0.29) is 6.04 Å². The van der Waals surface area contributed by atoms with Crippen LogP contribution in [0.2, 0.25) is 0 Å². The highest BCUT2D eigenvalue weighted by molar-refractivity contribution is 7.73. The molecule has 4 aromatic rings. The Morgan fingerprint density at radius 1 is 1.10 bits per heavy atom. The number of nitrogens with one attached hydrogen (secondary N) is 2. The molecule has 0 aliphatic carbocycles. The fourth-order valence-corrected chi connectivity index (χ4v) is 4.32. The first kappa shape index (κ1) is 21.1. The fraction of sp³-hybridized carbons (Fsp3) is 0.182. The van der Waals surface area contributed by atoms with Gasteiger partial charge in [-0.1, -0.05) is 36.4 Å². The van der Waals surface area contributed by atoms with Crippen LogP contribution in [-0.2, 0) is 17.3 Å². The monoisotopic (exact) mass is 454 g/mol. The molecule has 0 saturated heterocycles. The topological polar surface area (TPSA) is 97.1 Å². The van der Waals surface area contributed by atoms with E-state index in [4.69, 9.17) is 4.42 Å². The normalized spacial score (nSPS) is 12.1. The van der Waals surface area contributed by atoms with Crippen LogP contribution in [0.4, 0.5) is 11.7 Å². The molecular weight excluding hydrogens is 432 g/mol. The Kier molecular flexibility index (Phi) is 6.34. The molecule has 2 aromatic heterocycles. The van der Waals surface area contributed by atoms with Crippen LogP contribution >= 0.6 is 11.3 Å². The maximum atomic E-state index is 10.8. The number of thiol groups is 1. The zero-order valence-corrected chi connectivity index (χ0v) is 18.7. The van der Waals surface area contributed by atoms with Crippen molar-refractivity contribution in [3.8, 4) is 11.3 Å². The van der Waals surface area contributed by atoms with Gasteiger partial charge < -0.3 is 9.73 Å². The average Bonchev–Trinajstić information content (AvgIpc) is 3.38. The lowest BCUT2D eigenvalue weighted by Gasteiger charge is -2.16. The highest BCUT2D eigenvalue weighted by Gasteiger charge is 2.18. The molecule has 0 aliphatic heterocycles. The lowest BCUT2D eigenvalue weighted by Crippen LogP contribution is -2.14. The van der Waals surface area contributed by atoms with Crippen LogP contribution in [0.3, 0.4) is 0 Å². The predicted molar refractivity (Wildman–Crippen MR) is 124 cm³/mol. The summed E-state index contributed by atoms with van der Waals surface area (Å²) < 4.78 is 30.0. The Hall–Kier alpha value is -3.17. The minimum atomic E-state index is -2.68. The Labute approximate surface area is 186 Å². The van der Waals surface area contributed by atoms with E-state index in [0.29, 0.717) is 23.9 Å². The number of thiazole rings is 1. The maximum Gasteiger partial charge on any atom is 0.295 e. The summed E-state index contributed by atoms with van der Waals surface area (Å²) in [5.74, 6) is 0.705. The van der Waals surface area contributed by atoms with Gasteiger partial charge in [-0.05, 0) is 43.5 Å². The number of aromatic nitrogens is 2. The van der Waals surface area contributed by atoms with E-state index in [1.54, 1.807) is 29.7 Å². The van der Waals surface area contributed by atoms with Gasteiger partial charge in [0, 0.05) is 16.6 Å². The van der Waals surface area contributed by atoms with Crippen molar-refractivity contribution in [1.29, 1.82) is 0 Å². The van der Waals surface area contributed by atoms with Gasteiger partial charge in [-0.3, -0.25) is 4.72 Å². The lowest BCUT2D eigenvalue weighted by molar-refractivity contribution is 0.568. The van der Waals surface area contributed by atoms with Crippen molar-refractivity contribution >= 4 is 33.9 Å². The average molecular weight is 455 g/mol. The predicted octanol–water partition coefficient (Wildman–Crippen LogP) is 4.75. The van der Waals surface area contributed by atoms with E-state index < -0.39 is 10.9 Å². The van der Waals surface area contributed by atoms with Crippen LogP contribution in [0.5, 0.6) is 0 Å². The van der Waals surface area contributed by atoms with Gasteiger partial charge in [0.15, 0.2) is 5.76 Å². The van der Waals surface area contributed by atoms with Crippen molar-refractivity contribution in [1.82, 2.24) is 9.97 Å². The zero-order chi connectivity index (χ0) is 21.8. The quantitative estimate of drug-likeness (QED) is 0.333. The minimum absolute atomic E-state index is 0.150. The SMILES string of the molecule is Cc1nc([C@H](Cc2ccc(N[SH](=O)=O)cc2)Nc2ncc(-c3ccccc3C)o2)cs1. The van der Waals surface area contributed by atoms with Crippen molar-refractivity contribution in [2.24, 2.45) is 0 Å². The molecule has 0 unspecified atom stereocenters. The van der Waals surface area contributed by atoms with E-state index >= 15 is 0 Å². The summed E-state index contributed by atoms with van der Waals surface area (Å²) in [6.07, 6.45) is 2.35. The van der Waals surface area contributed by atoms with Crippen LogP contribution < -0.4 is 10.0 Å². The van der Waals surface area contributed by atoms with E-state index in [0.717, 1.165) is 27.4 Å². The smallest absolute Gasteiger partial charge is 0.295 e. The summed E-state index contributed by atoms with van der Waals surface area (Å²) in [5, 5.41) is 6.37. The van der Waals surface area contributed by atoms with Gasteiger partial charge in [-0.25, -0.2) is 18.4 Å². The number of aryl methyl sites for hydroxylation is 2. The van der Waals surface area contributed by atoms with Crippen molar-refractivity contribution < 1.29 is 12.8 Å². The van der Waals surface area contributed by atoms with Crippen LogP contribution in [0.1, 0.15) is 27.9 Å². The van der Waals surface area contributed by atoms with Crippen molar-refractivity contribution in [2.75, 3.05) is 10.0 Å². The Balaban J connectivity index is 1.56. The molecule has 0 aliphatic rings. The first-order chi connectivity index (χ1) is 15.0. The van der Waals surface area contributed by atoms with Crippen LogP contribution in [-0.4, -0.2) is 18.4 Å². The maximum absolute atomic E-state index is 10.8. The Morgan fingerprint density at radius 3 is 2.55 bits per heavy atom. The molecule has 1 atom stereocenters. The summed E-state index contributed by atoms with van der Waals surface area (Å²) in [7, 11) is -2.68. The second kappa shape index (κ2) is 9.32. The molecule has 0 saturated carbocycles. The van der Waals surface area contributed by atoms with Gasteiger partial charge in [0.25, 0.3) is 6.01 Å². The minimum Gasteiger partial charge on any atom is -0.424 e. The van der Waals surface area contributed by atoms with Gasteiger partial charge in [0.1, 0.15) is 0 Å². The van der Waals surface area contributed by atoms with E-state index in [9.17, 15) is 8.42 Å². The van der Waals surface area contributed by atoms with Crippen molar-refractivity contribution in [3.05, 3.63) is 81.9 Å². The second-order valence-corrected chi connectivity index (χ2v) is 8.90. The molecule has 160 valence electrons. The number of nitrogens with zero attached hydrogens (tertiary/aromatic N) is 2. The second-order valence-electron chi connectivity index (χ2n) is 7.10. The molecule has 4 rings (SSSR count). The van der Waals surface area contributed by atoms with Gasteiger partial charge in [0.2, 0.25) is 10.9 Å². The van der Waals surface area contributed by atoms with Gasteiger partial charge in [0.05, 0.1) is 22.9 Å². The van der Waals surface area contributed by atoms with E-state index in [1.807, 2.05) is 55.6 Å².